The standard InChI is InChI=1S/C20H19ClF2N4O3S/c1-30-7-6-27-17-5-2-12(21)8-16(17)26-20(27)31-11-19(29)24-10-18(28)25-13-3-4-14(22)15(23)9-13/h2-5,8-9H,6-7,10-11H2,1H3,(H,24,29)(H,25,28). The Labute approximate surface area is 186 Å². The van der Waals surface area contributed by atoms with E-state index in [1.54, 1.807) is 19.2 Å². The maximum atomic E-state index is 13.2. The van der Waals surface area contributed by atoms with Gasteiger partial charge in [0.15, 0.2) is 16.8 Å². The minimum absolute atomic E-state index is 0.0303. The minimum Gasteiger partial charge on any atom is -0.383 e. The quantitative estimate of drug-likeness (QED) is 0.470. The molecule has 0 unspecified atom stereocenters. The monoisotopic (exact) mass is 468 g/mol. The Bertz CT molecular complexity index is 1110. The van der Waals surface area contributed by atoms with Crippen LogP contribution >= 0.6 is 23.4 Å². The predicted molar refractivity (Wildman–Crippen MR) is 115 cm³/mol. The zero-order valence-corrected chi connectivity index (χ0v) is 18.0. The van der Waals surface area contributed by atoms with Crippen LogP contribution in [0.2, 0.25) is 5.02 Å². The summed E-state index contributed by atoms with van der Waals surface area (Å²) in [5.74, 6) is -3.00. The van der Waals surface area contributed by atoms with Crippen molar-refractivity contribution in [3.63, 3.8) is 0 Å². The molecule has 164 valence electrons. The number of amides is 2. The number of hydrogen-bond acceptors (Lipinski definition) is 5. The van der Waals surface area contributed by atoms with Gasteiger partial charge in [0.05, 0.1) is 29.9 Å². The van der Waals surface area contributed by atoms with Crippen molar-refractivity contribution in [1.29, 1.82) is 0 Å². The van der Waals surface area contributed by atoms with E-state index in [1.807, 2.05) is 10.6 Å². The van der Waals surface area contributed by atoms with E-state index >= 15 is 0 Å². The summed E-state index contributed by atoms with van der Waals surface area (Å²) in [5, 5.41) is 6.05. The Kier molecular flexibility index (Phi) is 7.83. The van der Waals surface area contributed by atoms with Gasteiger partial charge in [0.25, 0.3) is 0 Å². The van der Waals surface area contributed by atoms with E-state index in [1.165, 1.54) is 17.8 Å². The van der Waals surface area contributed by atoms with E-state index in [4.69, 9.17) is 16.3 Å². The lowest BCUT2D eigenvalue weighted by atomic mass is 10.3. The van der Waals surface area contributed by atoms with Gasteiger partial charge in [-0.1, -0.05) is 23.4 Å². The van der Waals surface area contributed by atoms with Crippen molar-refractivity contribution in [2.24, 2.45) is 0 Å². The highest BCUT2D eigenvalue weighted by Gasteiger charge is 2.14. The lowest BCUT2D eigenvalue weighted by Crippen LogP contribution is -2.34. The van der Waals surface area contributed by atoms with Gasteiger partial charge in [-0.3, -0.25) is 9.59 Å². The van der Waals surface area contributed by atoms with Gasteiger partial charge >= 0.3 is 0 Å². The third kappa shape index (κ3) is 6.16. The number of thioether (sulfide) groups is 1. The van der Waals surface area contributed by atoms with E-state index < -0.39 is 17.5 Å². The van der Waals surface area contributed by atoms with Gasteiger partial charge in [-0.15, -0.1) is 0 Å². The average molecular weight is 469 g/mol. The van der Waals surface area contributed by atoms with Crippen LogP contribution in [0, 0.1) is 11.6 Å². The van der Waals surface area contributed by atoms with Crippen LogP contribution in [0.1, 0.15) is 0 Å². The molecule has 3 aromatic rings. The number of rotatable bonds is 9. The van der Waals surface area contributed by atoms with E-state index in [9.17, 15) is 18.4 Å². The number of methoxy groups -OCH3 is 1. The average Bonchev–Trinajstić information content (AvgIpc) is 3.08. The SMILES string of the molecule is COCCn1c(SCC(=O)NCC(=O)Nc2ccc(F)c(F)c2)nc2cc(Cl)ccc21. The molecule has 0 atom stereocenters. The number of fused-ring (bicyclic) bond motifs is 1. The zero-order chi connectivity index (χ0) is 22.4. The van der Waals surface area contributed by atoms with E-state index in [0.717, 1.165) is 17.6 Å². The van der Waals surface area contributed by atoms with Gasteiger partial charge in [-0.25, -0.2) is 13.8 Å². The van der Waals surface area contributed by atoms with Crippen molar-refractivity contribution in [2.45, 2.75) is 11.7 Å². The molecule has 2 amide bonds. The number of aromatic nitrogens is 2. The summed E-state index contributed by atoms with van der Waals surface area (Å²) < 4.78 is 33.2. The van der Waals surface area contributed by atoms with E-state index in [-0.39, 0.29) is 23.9 Å². The molecule has 0 fully saturated rings. The molecular formula is C20H19ClF2N4O3S. The number of hydrogen-bond donors (Lipinski definition) is 2. The number of ether oxygens (including phenoxy) is 1. The van der Waals surface area contributed by atoms with E-state index in [2.05, 4.69) is 15.6 Å². The first-order valence-corrected chi connectivity index (χ1v) is 10.5. The van der Waals surface area contributed by atoms with Crippen LogP contribution in [0.15, 0.2) is 41.6 Å². The molecule has 0 radical (unpaired) electrons. The number of benzene rings is 2. The van der Waals surface area contributed by atoms with Crippen molar-refractivity contribution >= 4 is 51.9 Å². The molecule has 3 rings (SSSR count). The number of carbonyl (C=O) groups excluding carboxylic acids is 2. The highest BCUT2D eigenvalue weighted by Crippen LogP contribution is 2.26. The second-order valence-corrected chi connectivity index (χ2v) is 7.79. The molecular weight excluding hydrogens is 450 g/mol. The van der Waals surface area contributed by atoms with Crippen LogP contribution in [0.5, 0.6) is 0 Å². The second-order valence-electron chi connectivity index (χ2n) is 6.41. The van der Waals surface area contributed by atoms with Crippen LogP contribution in [-0.2, 0) is 20.9 Å². The number of carbonyl (C=O) groups is 2. The maximum absolute atomic E-state index is 13.2. The summed E-state index contributed by atoms with van der Waals surface area (Å²) in [5.41, 5.74) is 1.67. The molecule has 1 heterocycles. The fourth-order valence-electron chi connectivity index (χ4n) is 2.73. The topological polar surface area (TPSA) is 85.2 Å². The van der Waals surface area contributed by atoms with E-state index in [0.29, 0.717) is 28.8 Å². The molecule has 0 bridgehead atoms. The Hall–Kier alpha value is -2.69. The van der Waals surface area contributed by atoms with Crippen LogP contribution in [0.3, 0.4) is 0 Å². The first-order valence-electron chi connectivity index (χ1n) is 9.16. The highest BCUT2D eigenvalue weighted by atomic mass is 35.5. The summed E-state index contributed by atoms with van der Waals surface area (Å²) >= 11 is 7.25. The van der Waals surface area contributed by atoms with Crippen molar-refractivity contribution in [1.82, 2.24) is 14.9 Å². The van der Waals surface area contributed by atoms with Crippen LogP contribution in [0.25, 0.3) is 11.0 Å². The Balaban J connectivity index is 1.55. The number of imidazole rings is 1. The Morgan fingerprint density at radius 2 is 1.97 bits per heavy atom. The first-order chi connectivity index (χ1) is 14.9. The smallest absolute Gasteiger partial charge is 0.243 e. The molecule has 0 aliphatic rings. The fraction of sp³-hybridized carbons (Fsp3) is 0.250. The third-order valence-corrected chi connectivity index (χ3v) is 5.39. The lowest BCUT2D eigenvalue weighted by molar-refractivity contribution is -0.122. The van der Waals surface area contributed by atoms with Crippen molar-refractivity contribution in [3.05, 3.63) is 53.1 Å². The number of nitrogens with one attached hydrogen (secondary N) is 2. The zero-order valence-electron chi connectivity index (χ0n) is 16.5. The van der Waals surface area contributed by atoms with Gasteiger partial charge in [-0.2, -0.15) is 0 Å². The number of anilines is 1. The van der Waals surface area contributed by atoms with Gasteiger partial charge < -0.3 is 19.9 Å². The molecule has 0 saturated heterocycles. The molecule has 7 nitrogen and oxygen atoms in total. The number of halogens is 3. The maximum Gasteiger partial charge on any atom is 0.243 e. The molecule has 1 aromatic heterocycles. The van der Waals surface area contributed by atoms with Crippen LogP contribution in [0.4, 0.5) is 14.5 Å². The van der Waals surface area contributed by atoms with Crippen molar-refractivity contribution in [3.8, 4) is 0 Å². The second kappa shape index (κ2) is 10.6. The third-order valence-electron chi connectivity index (χ3n) is 4.18. The van der Waals surface area contributed by atoms with Gasteiger partial charge in [0.1, 0.15) is 0 Å². The predicted octanol–water partition coefficient (Wildman–Crippen LogP) is 3.46. The van der Waals surface area contributed by atoms with Crippen molar-refractivity contribution in [2.75, 3.05) is 31.3 Å². The Morgan fingerprint density at radius 1 is 1.16 bits per heavy atom. The first kappa shape index (κ1) is 23.0. The highest BCUT2D eigenvalue weighted by molar-refractivity contribution is 7.99. The van der Waals surface area contributed by atoms with Gasteiger partial charge in [0.2, 0.25) is 11.8 Å². The molecule has 0 aliphatic heterocycles. The van der Waals surface area contributed by atoms with Gasteiger partial charge in [-0.05, 0) is 30.3 Å². The number of nitrogens with zero attached hydrogens (tertiary/aromatic N) is 2. The summed E-state index contributed by atoms with van der Waals surface area (Å²) in [6, 6.07) is 8.36. The molecule has 2 aromatic carbocycles. The summed E-state index contributed by atoms with van der Waals surface area (Å²) in [6.07, 6.45) is 0. The molecule has 11 heteroatoms. The molecule has 0 spiro atoms. The summed E-state index contributed by atoms with van der Waals surface area (Å²) in [4.78, 5) is 28.6. The van der Waals surface area contributed by atoms with Crippen LogP contribution in [-0.4, -0.2) is 47.4 Å². The lowest BCUT2D eigenvalue weighted by Gasteiger charge is -2.09. The largest absolute Gasteiger partial charge is 0.383 e. The minimum atomic E-state index is -1.07. The normalized spacial score (nSPS) is 11.0. The fourth-order valence-corrected chi connectivity index (χ4v) is 3.77. The molecule has 2 N–H and O–H groups in total. The van der Waals surface area contributed by atoms with Crippen molar-refractivity contribution < 1.29 is 23.1 Å². The molecule has 31 heavy (non-hydrogen) atoms. The van der Waals surface area contributed by atoms with Crippen LogP contribution < -0.4 is 10.6 Å². The summed E-state index contributed by atoms with van der Waals surface area (Å²) in [6.45, 7) is 0.710. The Morgan fingerprint density at radius 3 is 2.71 bits per heavy atom. The molecule has 0 saturated carbocycles. The summed E-state index contributed by atoms with van der Waals surface area (Å²) in [7, 11) is 1.60. The van der Waals surface area contributed by atoms with Gasteiger partial charge in [0, 0.05) is 30.4 Å². The molecule has 0 aliphatic carbocycles.